The molecule has 0 amide bonds. The predicted molar refractivity (Wildman–Crippen MR) is 50.8 cm³/mol. The van der Waals surface area contributed by atoms with Crippen LogP contribution in [-0.2, 0) is 9.53 Å². The van der Waals surface area contributed by atoms with Gasteiger partial charge in [0.15, 0.2) is 5.69 Å². The van der Waals surface area contributed by atoms with Gasteiger partial charge in [-0.2, -0.15) is 0 Å². The molecule has 0 atom stereocenters. The maximum atomic E-state index is 11.1. The summed E-state index contributed by atoms with van der Waals surface area (Å²) in [5, 5.41) is 16.1. The number of carboxylic acids is 1. The van der Waals surface area contributed by atoms with Gasteiger partial charge in [-0.3, -0.25) is 4.79 Å². The van der Waals surface area contributed by atoms with Crippen molar-refractivity contribution in [1.29, 1.82) is 0 Å². The summed E-state index contributed by atoms with van der Waals surface area (Å²) in [5.74, 6) is -1.64. The molecule has 2 rings (SSSR count). The van der Waals surface area contributed by atoms with E-state index in [9.17, 15) is 9.59 Å². The Morgan fingerprint density at radius 2 is 2.25 bits per heavy atom. The number of esters is 1. The minimum atomic E-state index is -0.787. The summed E-state index contributed by atoms with van der Waals surface area (Å²) in [6.07, 6.45) is 2.53. The van der Waals surface area contributed by atoms with Gasteiger partial charge in [0.2, 0.25) is 0 Å². The molecule has 1 aliphatic carbocycles. The number of hydrogen-bond acceptors (Lipinski definition) is 5. The zero-order valence-electron chi connectivity index (χ0n) is 8.66. The number of ether oxygens (including phenoxy) is 1. The molecule has 7 nitrogen and oxygen atoms in total. The molecule has 0 spiro atoms. The first kappa shape index (κ1) is 10.6. The van der Waals surface area contributed by atoms with E-state index in [1.807, 2.05) is 0 Å². The minimum Gasteiger partial charge on any atom is -0.481 e. The Morgan fingerprint density at radius 1 is 1.56 bits per heavy atom. The molecule has 0 aliphatic heterocycles. The number of methoxy groups -OCH3 is 1. The quantitative estimate of drug-likeness (QED) is 0.733. The Labute approximate surface area is 91.0 Å². The summed E-state index contributed by atoms with van der Waals surface area (Å²) in [6, 6.07) is 0.0204. The second kappa shape index (κ2) is 3.92. The van der Waals surface area contributed by atoms with Crippen molar-refractivity contribution in [2.24, 2.45) is 5.92 Å². The number of carbonyl (C=O) groups excluding carboxylic acids is 1. The molecule has 16 heavy (non-hydrogen) atoms. The molecular weight excluding hydrogens is 214 g/mol. The lowest BCUT2D eigenvalue weighted by molar-refractivity contribution is -0.146. The van der Waals surface area contributed by atoms with Crippen LogP contribution < -0.4 is 0 Å². The fraction of sp³-hybridized carbons (Fsp3) is 0.556. The summed E-state index contributed by atoms with van der Waals surface area (Å²) in [7, 11) is 1.27. The summed E-state index contributed by atoms with van der Waals surface area (Å²) >= 11 is 0. The topological polar surface area (TPSA) is 94.3 Å². The summed E-state index contributed by atoms with van der Waals surface area (Å²) in [6.45, 7) is 0. The molecule has 1 saturated carbocycles. The molecule has 1 aromatic rings. The minimum absolute atomic E-state index is 0.0204. The standard InChI is InChI=1S/C9H11N3O4/c1-16-9(15)7-4-12(11-10-7)6-2-5(3-6)8(13)14/h4-6H,2-3H2,1H3,(H,13,14). The van der Waals surface area contributed by atoms with Gasteiger partial charge < -0.3 is 9.84 Å². The summed E-state index contributed by atoms with van der Waals surface area (Å²) < 4.78 is 6.01. The maximum Gasteiger partial charge on any atom is 0.360 e. The van der Waals surface area contributed by atoms with Gasteiger partial charge >= 0.3 is 11.9 Å². The van der Waals surface area contributed by atoms with E-state index in [0.717, 1.165) is 0 Å². The Balaban J connectivity index is 2.00. The molecular formula is C9H11N3O4. The molecule has 0 saturated heterocycles. The smallest absolute Gasteiger partial charge is 0.360 e. The second-order valence-electron chi connectivity index (χ2n) is 3.74. The molecule has 1 aliphatic rings. The average molecular weight is 225 g/mol. The van der Waals surface area contributed by atoms with Gasteiger partial charge in [-0.25, -0.2) is 9.48 Å². The highest BCUT2D eigenvalue weighted by Crippen LogP contribution is 2.37. The maximum absolute atomic E-state index is 11.1. The Hall–Kier alpha value is -1.92. The van der Waals surface area contributed by atoms with E-state index in [1.54, 1.807) is 0 Å². The lowest BCUT2D eigenvalue weighted by atomic mass is 9.80. The molecule has 1 aromatic heterocycles. The van der Waals surface area contributed by atoms with Crippen LogP contribution in [0.4, 0.5) is 0 Å². The third-order valence-corrected chi connectivity index (χ3v) is 2.74. The van der Waals surface area contributed by atoms with Crippen LogP contribution in [0.15, 0.2) is 6.20 Å². The molecule has 0 bridgehead atoms. The first-order valence-corrected chi connectivity index (χ1v) is 4.84. The highest BCUT2D eigenvalue weighted by molar-refractivity contribution is 5.86. The van der Waals surface area contributed by atoms with E-state index in [1.165, 1.54) is 18.0 Å². The predicted octanol–water partition coefficient (Wildman–Crippen LogP) is 0.100. The van der Waals surface area contributed by atoms with Crippen LogP contribution in [-0.4, -0.2) is 39.1 Å². The van der Waals surface area contributed by atoms with E-state index in [2.05, 4.69) is 15.0 Å². The lowest BCUT2D eigenvalue weighted by Crippen LogP contribution is -2.32. The van der Waals surface area contributed by atoms with Crippen molar-refractivity contribution in [3.05, 3.63) is 11.9 Å². The van der Waals surface area contributed by atoms with Crippen molar-refractivity contribution in [2.75, 3.05) is 7.11 Å². The summed E-state index contributed by atoms with van der Waals surface area (Å²) in [5.41, 5.74) is 0.140. The Morgan fingerprint density at radius 3 is 2.81 bits per heavy atom. The lowest BCUT2D eigenvalue weighted by Gasteiger charge is -2.31. The Kier molecular flexibility index (Phi) is 2.59. The normalized spacial score (nSPS) is 23.6. The SMILES string of the molecule is COC(=O)c1cn(C2CC(C(=O)O)C2)nn1. The van der Waals surface area contributed by atoms with Gasteiger partial charge in [0.05, 0.1) is 25.3 Å². The highest BCUT2D eigenvalue weighted by atomic mass is 16.5. The van der Waals surface area contributed by atoms with Crippen LogP contribution in [0, 0.1) is 5.92 Å². The van der Waals surface area contributed by atoms with Crippen LogP contribution >= 0.6 is 0 Å². The molecule has 1 heterocycles. The van der Waals surface area contributed by atoms with Gasteiger partial charge in [-0.05, 0) is 12.8 Å². The van der Waals surface area contributed by atoms with Crippen LogP contribution in [0.25, 0.3) is 0 Å². The van der Waals surface area contributed by atoms with Gasteiger partial charge in [-0.15, -0.1) is 5.10 Å². The largest absolute Gasteiger partial charge is 0.481 e. The van der Waals surface area contributed by atoms with E-state index in [-0.39, 0.29) is 17.7 Å². The second-order valence-corrected chi connectivity index (χ2v) is 3.74. The van der Waals surface area contributed by atoms with Crippen LogP contribution in [0.5, 0.6) is 0 Å². The van der Waals surface area contributed by atoms with E-state index in [4.69, 9.17) is 5.11 Å². The van der Waals surface area contributed by atoms with Crippen LogP contribution in [0.2, 0.25) is 0 Å². The number of nitrogens with zero attached hydrogens (tertiary/aromatic N) is 3. The molecule has 86 valence electrons. The fourth-order valence-corrected chi connectivity index (χ4v) is 1.66. The van der Waals surface area contributed by atoms with Gasteiger partial charge in [0.1, 0.15) is 0 Å². The molecule has 1 fully saturated rings. The number of hydrogen-bond donors (Lipinski definition) is 1. The van der Waals surface area contributed by atoms with Gasteiger partial charge in [0, 0.05) is 0 Å². The number of aromatic nitrogens is 3. The zero-order chi connectivity index (χ0) is 11.7. The monoisotopic (exact) mass is 225 g/mol. The highest BCUT2D eigenvalue weighted by Gasteiger charge is 2.36. The molecule has 0 radical (unpaired) electrons. The first-order chi connectivity index (χ1) is 7.61. The van der Waals surface area contributed by atoms with Gasteiger partial charge in [0.25, 0.3) is 0 Å². The third kappa shape index (κ3) is 1.75. The van der Waals surface area contributed by atoms with Crippen LogP contribution in [0.1, 0.15) is 29.4 Å². The van der Waals surface area contributed by atoms with Crippen LogP contribution in [0.3, 0.4) is 0 Å². The number of carbonyl (C=O) groups is 2. The average Bonchev–Trinajstić information content (AvgIpc) is 2.63. The number of aliphatic carboxylic acids is 1. The van der Waals surface area contributed by atoms with Crippen molar-refractivity contribution in [3.63, 3.8) is 0 Å². The molecule has 7 heteroatoms. The summed E-state index contributed by atoms with van der Waals surface area (Å²) in [4.78, 5) is 21.7. The van der Waals surface area contributed by atoms with E-state index in [0.29, 0.717) is 12.8 Å². The van der Waals surface area contributed by atoms with Crippen molar-refractivity contribution < 1.29 is 19.4 Å². The van der Waals surface area contributed by atoms with E-state index >= 15 is 0 Å². The zero-order valence-corrected chi connectivity index (χ0v) is 8.66. The molecule has 1 N–H and O–H groups in total. The van der Waals surface area contributed by atoms with Crippen molar-refractivity contribution >= 4 is 11.9 Å². The third-order valence-electron chi connectivity index (χ3n) is 2.74. The molecule has 0 unspecified atom stereocenters. The number of carboxylic acid groups (broad SMARTS) is 1. The van der Waals surface area contributed by atoms with Crippen molar-refractivity contribution in [2.45, 2.75) is 18.9 Å². The first-order valence-electron chi connectivity index (χ1n) is 4.84. The van der Waals surface area contributed by atoms with Crippen molar-refractivity contribution in [1.82, 2.24) is 15.0 Å². The number of rotatable bonds is 3. The Bertz CT molecular complexity index is 422. The van der Waals surface area contributed by atoms with Crippen molar-refractivity contribution in [3.8, 4) is 0 Å². The fourth-order valence-electron chi connectivity index (χ4n) is 1.66. The molecule has 0 aromatic carbocycles. The van der Waals surface area contributed by atoms with Gasteiger partial charge in [-0.1, -0.05) is 5.21 Å². The van der Waals surface area contributed by atoms with E-state index < -0.39 is 11.9 Å².